The summed E-state index contributed by atoms with van der Waals surface area (Å²) in [6.45, 7) is 2.12. The zero-order valence-electron chi connectivity index (χ0n) is 17.5. The first-order chi connectivity index (χ1) is 14.8. The van der Waals surface area contributed by atoms with Gasteiger partial charge in [0.2, 0.25) is 15.9 Å². The van der Waals surface area contributed by atoms with Crippen LogP contribution in [0, 0.1) is 23.0 Å². The number of amides is 1. The van der Waals surface area contributed by atoms with Crippen molar-refractivity contribution in [3.8, 4) is 0 Å². The SMILES string of the molecule is Cc1c(NC(=O)[C@@H]2CCCN(S(=O)(=O)CCCc3ccccc3)C2)cccc1[N+](=O)[O-]. The van der Waals surface area contributed by atoms with E-state index in [1.165, 1.54) is 16.4 Å². The molecule has 0 spiro atoms. The molecule has 8 nitrogen and oxygen atoms in total. The molecule has 0 unspecified atom stereocenters. The molecule has 0 radical (unpaired) electrons. The second kappa shape index (κ2) is 10.0. The van der Waals surface area contributed by atoms with E-state index in [0.717, 1.165) is 5.56 Å². The second-order valence-electron chi connectivity index (χ2n) is 7.80. The van der Waals surface area contributed by atoms with Crippen LogP contribution in [0.4, 0.5) is 11.4 Å². The quantitative estimate of drug-likeness (QED) is 0.494. The van der Waals surface area contributed by atoms with Gasteiger partial charge in [0.15, 0.2) is 0 Å². The lowest BCUT2D eigenvalue weighted by molar-refractivity contribution is -0.385. The molecule has 1 atom stereocenters. The Morgan fingerprint density at radius 2 is 1.94 bits per heavy atom. The minimum absolute atomic E-state index is 0.0419. The first-order valence-electron chi connectivity index (χ1n) is 10.3. The zero-order valence-corrected chi connectivity index (χ0v) is 18.3. The second-order valence-corrected chi connectivity index (χ2v) is 9.89. The molecule has 1 aliphatic heterocycles. The molecule has 0 aromatic heterocycles. The first kappa shape index (κ1) is 22.9. The van der Waals surface area contributed by atoms with E-state index >= 15 is 0 Å². The number of hydrogen-bond donors (Lipinski definition) is 1. The maximum absolute atomic E-state index is 12.8. The molecule has 1 heterocycles. The third kappa shape index (κ3) is 5.89. The van der Waals surface area contributed by atoms with Crippen molar-refractivity contribution in [3.05, 3.63) is 69.8 Å². The highest BCUT2D eigenvalue weighted by Gasteiger charge is 2.32. The summed E-state index contributed by atoms with van der Waals surface area (Å²) in [5, 5.41) is 13.9. The average molecular weight is 446 g/mol. The van der Waals surface area contributed by atoms with Crippen molar-refractivity contribution in [3.63, 3.8) is 0 Å². The van der Waals surface area contributed by atoms with Crippen LogP contribution in [0.15, 0.2) is 48.5 Å². The van der Waals surface area contributed by atoms with Crippen molar-refractivity contribution >= 4 is 27.3 Å². The Kier molecular flexibility index (Phi) is 7.40. The maximum Gasteiger partial charge on any atom is 0.274 e. The Balaban J connectivity index is 1.60. The van der Waals surface area contributed by atoms with Gasteiger partial charge in [-0.25, -0.2) is 12.7 Å². The Bertz CT molecular complexity index is 1040. The number of carbonyl (C=O) groups is 1. The molecule has 31 heavy (non-hydrogen) atoms. The Labute approximate surface area is 182 Å². The third-order valence-electron chi connectivity index (χ3n) is 5.62. The molecule has 0 bridgehead atoms. The molecule has 0 saturated carbocycles. The number of nitrogens with zero attached hydrogens (tertiary/aromatic N) is 2. The predicted molar refractivity (Wildman–Crippen MR) is 119 cm³/mol. The predicted octanol–water partition coefficient (Wildman–Crippen LogP) is 3.52. The highest BCUT2D eigenvalue weighted by atomic mass is 32.2. The molecule has 1 N–H and O–H groups in total. The number of nitrogens with one attached hydrogen (secondary N) is 1. The molecular formula is C22H27N3O5S. The number of aryl methyl sites for hydroxylation is 1. The van der Waals surface area contributed by atoms with Gasteiger partial charge in [-0.15, -0.1) is 0 Å². The standard InChI is InChI=1S/C22H27N3O5S/c1-17-20(12-5-13-21(17)25(27)28)23-22(26)19-11-6-14-24(16-19)31(29,30)15-7-10-18-8-3-2-4-9-18/h2-5,8-9,12-13,19H,6-7,10-11,14-16H2,1H3,(H,23,26)/t19-/m1/s1. The summed E-state index contributed by atoms with van der Waals surface area (Å²) < 4.78 is 27.0. The summed E-state index contributed by atoms with van der Waals surface area (Å²) in [4.78, 5) is 23.4. The van der Waals surface area contributed by atoms with Crippen molar-refractivity contribution in [2.24, 2.45) is 5.92 Å². The van der Waals surface area contributed by atoms with Gasteiger partial charge in [-0.1, -0.05) is 36.4 Å². The van der Waals surface area contributed by atoms with E-state index in [9.17, 15) is 23.3 Å². The van der Waals surface area contributed by atoms with Gasteiger partial charge in [-0.3, -0.25) is 14.9 Å². The van der Waals surface area contributed by atoms with Crippen LogP contribution in [0.2, 0.25) is 0 Å². The fraction of sp³-hybridized carbons (Fsp3) is 0.409. The minimum atomic E-state index is -3.45. The third-order valence-corrected chi connectivity index (χ3v) is 7.54. The number of hydrogen-bond acceptors (Lipinski definition) is 5. The van der Waals surface area contributed by atoms with Gasteiger partial charge >= 0.3 is 0 Å². The van der Waals surface area contributed by atoms with Gasteiger partial charge in [0.25, 0.3) is 5.69 Å². The van der Waals surface area contributed by atoms with Gasteiger partial charge in [0, 0.05) is 19.2 Å². The van der Waals surface area contributed by atoms with E-state index in [1.54, 1.807) is 13.0 Å². The number of nitro groups is 1. The molecular weight excluding hydrogens is 418 g/mol. The van der Waals surface area contributed by atoms with Gasteiger partial charge in [0.05, 0.1) is 27.8 Å². The Morgan fingerprint density at radius 1 is 1.19 bits per heavy atom. The summed E-state index contributed by atoms with van der Waals surface area (Å²) in [6.07, 6.45) is 2.39. The summed E-state index contributed by atoms with van der Waals surface area (Å²) in [5.74, 6) is -0.760. The Hall–Kier alpha value is -2.78. The van der Waals surface area contributed by atoms with E-state index in [0.29, 0.717) is 43.5 Å². The number of carbonyl (C=O) groups excluding carboxylic acids is 1. The van der Waals surface area contributed by atoms with Crippen LogP contribution in [0.3, 0.4) is 0 Å². The van der Waals surface area contributed by atoms with Crippen LogP contribution in [0.25, 0.3) is 0 Å². The maximum atomic E-state index is 12.8. The topological polar surface area (TPSA) is 110 Å². The smallest absolute Gasteiger partial charge is 0.274 e. The number of benzene rings is 2. The van der Waals surface area contributed by atoms with Crippen molar-refractivity contribution in [2.45, 2.75) is 32.6 Å². The number of sulfonamides is 1. The van der Waals surface area contributed by atoms with E-state index in [1.807, 2.05) is 30.3 Å². The molecule has 1 amide bonds. The zero-order chi connectivity index (χ0) is 22.4. The van der Waals surface area contributed by atoms with E-state index < -0.39 is 20.9 Å². The van der Waals surface area contributed by atoms with Crippen LogP contribution in [-0.4, -0.2) is 42.4 Å². The van der Waals surface area contributed by atoms with E-state index in [-0.39, 0.29) is 23.9 Å². The fourth-order valence-electron chi connectivity index (χ4n) is 3.83. The van der Waals surface area contributed by atoms with Crippen molar-refractivity contribution in [1.29, 1.82) is 0 Å². The first-order valence-corrected chi connectivity index (χ1v) is 12.0. The van der Waals surface area contributed by atoms with E-state index in [2.05, 4.69) is 5.32 Å². The van der Waals surface area contributed by atoms with Crippen LogP contribution < -0.4 is 5.32 Å². The number of rotatable bonds is 8. The van der Waals surface area contributed by atoms with Crippen molar-refractivity contribution < 1.29 is 18.1 Å². The summed E-state index contributed by atoms with van der Waals surface area (Å²) in [6, 6.07) is 14.3. The van der Waals surface area contributed by atoms with Crippen LogP contribution in [0.5, 0.6) is 0 Å². The fourth-order valence-corrected chi connectivity index (χ4v) is 5.41. The molecule has 1 aliphatic rings. The van der Waals surface area contributed by atoms with Crippen LogP contribution in [-0.2, 0) is 21.2 Å². The monoisotopic (exact) mass is 445 g/mol. The molecule has 1 saturated heterocycles. The minimum Gasteiger partial charge on any atom is -0.325 e. The summed E-state index contributed by atoms with van der Waals surface area (Å²) in [7, 11) is -3.45. The molecule has 0 aliphatic carbocycles. The van der Waals surface area contributed by atoms with Crippen molar-refractivity contribution in [1.82, 2.24) is 4.31 Å². The van der Waals surface area contributed by atoms with Crippen LogP contribution >= 0.6 is 0 Å². The number of nitro benzene ring substituents is 1. The van der Waals surface area contributed by atoms with Crippen molar-refractivity contribution in [2.75, 3.05) is 24.2 Å². The van der Waals surface area contributed by atoms with E-state index in [4.69, 9.17) is 0 Å². The van der Waals surface area contributed by atoms with Gasteiger partial charge in [-0.2, -0.15) is 0 Å². The highest BCUT2D eigenvalue weighted by Crippen LogP contribution is 2.27. The van der Waals surface area contributed by atoms with Crippen LogP contribution in [0.1, 0.15) is 30.4 Å². The normalized spacial score (nSPS) is 17.3. The lowest BCUT2D eigenvalue weighted by Gasteiger charge is -2.31. The van der Waals surface area contributed by atoms with Gasteiger partial charge < -0.3 is 5.32 Å². The average Bonchev–Trinajstić information content (AvgIpc) is 2.75. The number of piperidine rings is 1. The molecule has 2 aromatic rings. The lowest BCUT2D eigenvalue weighted by Crippen LogP contribution is -2.44. The molecule has 2 aromatic carbocycles. The van der Waals surface area contributed by atoms with Gasteiger partial charge in [0.1, 0.15) is 0 Å². The Morgan fingerprint density at radius 3 is 2.65 bits per heavy atom. The molecule has 1 fully saturated rings. The summed E-state index contributed by atoms with van der Waals surface area (Å²) in [5.41, 5.74) is 1.79. The molecule has 3 rings (SSSR count). The number of anilines is 1. The lowest BCUT2D eigenvalue weighted by atomic mass is 9.98. The highest BCUT2D eigenvalue weighted by molar-refractivity contribution is 7.89. The van der Waals surface area contributed by atoms with Gasteiger partial charge in [-0.05, 0) is 44.2 Å². The molecule has 9 heteroatoms. The summed E-state index contributed by atoms with van der Waals surface area (Å²) >= 11 is 0. The largest absolute Gasteiger partial charge is 0.325 e. The molecule has 166 valence electrons.